The molecule has 3 nitrogen and oxygen atoms in total. The lowest BCUT2D eigenvalue weighted by atomic mass is 9.98. The number of H-pyrrole nitrogens is 2. The fourth-order valence-electron chi connectivity index (χ4n) is 4.99. The SMILES string of the molecule is c1ccc(-n2c3ccccc3c3c(-c4ccc5[nH]c6c[nH]cc6c5c4)cccc32)cc1. The van der Waals surface area contributed by atoms with Crippen molar-refractivity contribution < 1.29 is 0 Å². The van der Waals surface area contributed by atoms with Gasteiger partial charge in [-0.05, 0) is 47.5 Å². The van der Waals surface area contributed by atoms with Gasteiger partial charge < -0.3 is 14.5 Å². The number of nitrogens with one attached hydrogen (secondary N) is 2. The van der Waals surface area contributed by atoms with Crippen molar-refractivity contribution in [3.63, 3.8) is 0 Å². The van der Waals surface area contributed by atoms with Crippen LogP contribution < -0.4 is 0 Å². The number of aromatic amines is 2. The minimum Gasteiger partial charge on any atom is -0.365 e. The Morgan fingerprint density at radius 1 is 0.581 bits per heavy atom. The molecule has 3 aromatic heterocycles. The molecule has 3 heteroatoms. The van der Waals surface area contributed by atoms with Crippen LogP contribution in [0.2, 0.25) is 0 Å². The van der Waals surface area contributed by atoms with Crippen LogP contribution in [0.25, 0.3) is 60.4 Å². The number of hydrogen-bond donors (Lipinski definition) is 2. The van der Waals surface area contributed by atoms with E-state index in [9.17, 15) is 0 Å². The molecule has 0 aliphatic carbocycles. The molecule has 0 unspecified atom stereocenters. The van der Waals surface area contributed by atoms with Gasteiger partial charge in [0, 0.05) is 45.1 Å². The van der Waals surface area contributed by atoms with Crippen molar-refractivity contribution in [2.24, 2.45) is 0 Å². The number of fused-ring (bicyclic) bond motifs is 6. The van der Waals surface area contributed by atoms with E-state index in [2.05, 4.69) is 112 Å². The third kappa shape index (κ3) is 2.29. The van der Waals surface area contributed by atoms with Gasteiger partial charge in [0.25, 0.3) is 0 Å². The van der Waals surface area contributed by atoms with Gasteiger partial charge in [0.2, 0.25) is 0 Å². The highest BCUT2D eigenvalue weighted by atomic mass is 15.0. The zero-order valence-corrected chi connectivity index (χ0v) is 16.8. The topological polar surface area (TPSA) is 36.5 Å². The molecule has 146 valence electrons. The molecule has 0 radical (unpaired) electrons. The maximum Gasteiger partial charge on any atom is 0.0642 e. The predicted molar refractivity (Wildman–Crippen MR) is 130 cm³/mol. The van der Waals surface area contributed by atoms with Crippen molar-refractivity contribution in [2.45, 2.75) is 0 Å². The molecule has 0 fully saturated rings. The molecule has 0 bridgehead atoms. The fourth-order valence-corrected chi connectivity index (χ4v) is 4.99. The maximum atomic E-state index is 3.49. The van der Waals surface area contributed by atoms with Gasteiger partial charge in [-0.2, -0.15) is 0 Å². The summed E-state index contributed by atoms with van der Waals surface area (Å²) in [6, 6.07) is 32.7. The van der Waals surface area contributed by atoms with E-state index in [1.807, 2.05) is 6.20 Å². The van der Waals surface area contributed by atoms with Crippen molar-refractivity contribution in [3.8, 4) is 16.8 Å². The Bertz CT molecular complexity index is 1730. The van der Waals surface area contributed by atoms with Crippen LogP contribution in [0.15, 0.2) is 103 Å². The molecule has 2 N–H and O–H groups in total. The number of hydrogen-bond acceptors (Lipinski definition) is 0. The number of para-hydroxylation sites is 2. The number of aromatic nitrogens is 3. The summed E-state index contributed by atoms with van der Waals surface area (Å²) in [5, 5.41) is 5.05. The molecule has 0 aliphatic heterocycles. The molecule has 0 saturated heterocycles. The summed E-state index contributed by atoms with van der Waals surface area (Å²) in [7, 11) is 0. The molecule has 0 atom stereocenters. The van der Waals surface area contributed by atoms with Crippen molar-refractivity contribution in [1.29, 1.82) is 0 Å². The van der Waals surface area contributed by atoms with E-state index < -0.39 is 0 Å². The third-order valence-electron chi connectivity index (χ3n) is 6.35. The molecule has 3 heterocycles. The standard InChI is InChI=1S/C28H19N3/c1-2-7-19(8-3-1)31-26-11-5-4-9-21(26)28-20(10-6-12-27(28)31)18-13-14-24-22(15-18)23-16-29-17-25(23)30-24/h1-17,29-30H. The summed E-state index contributed by atoms with van der Waals surface area (Å²) in [6.45, 7) is 0. The van der Waals surface area contributed by atoms with E-state index in [1.54, 1.807) is 0 Å². The van der Waals surface area contributed by atoms with Gasteiger partial charge in [-0.25, -0.2) is 0 Å². The summed E-state index contributed by atoms with van der Waals surface area (Å²) in [5.41, 5.74) is 8.44. The summed E-state index contributed by atoms with van der Waals surface area (Å²) >= 11 is 0. The van der Waals surface area contributed by atoms with E-state index in [4.69, 9.17) is 0 Å². The Morgan fingerprint density at radius 3 is 2.35 bits per heavy atom. The summed E-state index contributed by atoms with van der Waals surface area (Å²) in [6.07, 6.45) is 4.09. The Kier molecular flexibility index (Phi) is 3.27. The minimum absolute atomic E-state index is 1.14. The van der Waals surface area contributed by atoms with Crippen LogP contribution in [0.3, 0.4) is 0 Å². The maximum absolute atomic E-state index is 3.49. The third-order valence-corrected chi connectivity index (χ3v) is 6.35. The Morgan fingerprint density at radius 2 is 1.42 bits per heavy atom. The van der Waals surface area contributed by atoms with Crippen molar-refractivity contribution >= 4 is 43.6 Å². The van der Waals surface area contributed by atoms with Crippen LogP contribution in [0.4, 0.5) is 0 Å². The second-order valence-corrected chi connectivity index (χ2v) is 8.06. The molecule has 0 saturated carbocycles. The van der Waals surface area contributed by atoms with E-state index in [1.165, 1.54) is 54.9 Å². The largest absolute Gasteiger partial charge is 0.365 e. The van der Waals surface area contributed by atoms with E-state index >= 15 is 0 Å². The van der Waals surface area contributed by atoms with Gasteiger partial charge in [-0.3, -0.25) is 0 Å². The molecule has 7 rings (SSSR count). The minimum atomic E-state index is 1.14. The van der Waals surface area contributed by atoms with Gasteiger partial charge >= 0.3 is 0 Å². The zero-order chi connectivity index (χ0) is 20.4. The lowest BCUT2D eigenvalue weighted by molar-refractivity contribution is 1.18. The van der Waals surface area contributed by atoms with Crippen LogP contribution in [0.1, 0.15) is 0 Å². The van der Waals surface area contributed by atoms with Gasteiger partial charge in [0.15, 0.2) is 0 Å². The molecular formula is C28H19N3. The Labute approximate surface area is 178 Å². The van der Waals surface area contributed by atoms with E-state index in [0.717, 1.165) is 5.52 Å². The van der Waals surface area contributed by atoms with Crippen LogP contribution >= 0.6 is 0 Å². The number of benzene rings is 4. The Balaban J connectivity index is 1.59. The summed E-state index contributed by atoms with van der Waals surface area (Å²) in [5.74, 6) is 0. The van der Waals surface area contributed by atoms with Crippen LogP contribution in [-0.4, -0.2) is 14.5 Å². The number of rotatable bonds is 2. The second kappa shape index (κ2) is 6.13. The van der Waals surface area contributed by atoms with Gasteiger partial charge in [-0.15, -0.1) is 0 Å². The van der Waals surface area contributed by atoms with Crippen LogP contribution in [-0.2, 0) is 0 Å². The molecule has 31 heavy (non-hydrogen) atoms. The average molecular weight is 397 g/mol. The van der Waals surface area contributed by atoms with Gasteiger partial charge in [-0.1, -0.05) is 54.6 Å². The first-order valence-corrected chi connectivity index (χ1v) is 10.5. The molecule has 4 aromatic carbocycles. The van der Waals surface area contributed by atoms with Crippen LogP contribution in [0, 0.1) is 0 Å². The first-order chi connectivity index (χ1) is 15.4. The molecule has 0 amide bonds. The highest BCUT2D eigenvalue weighted by Gasteiger charge is 2.16. The molecule has 0 aliphatic rings. The van der Waals surface area contributed by atoms with Gasteiger partial charge in [0.1, 0.15) is 0 Å². The van der Waals surface area contributed by atoms with Crippen molar-refractivity contribution in [1.82, 2.24) is 14.5 Å². The summed E-state index contributed by atoms with van der Waals surface area (Å²) < 4.78 is 2.37. The van der Waals surface area contributed by atoms with Crippen LogP contribution in [0.5, 0.6) is 0 Å². The first-order valence-electron chi connectivity index (χ1n) is 10.5. The highest BCUT2D eigenvalue weighted by Crippen LogP contribution is 2.39. The number of nitrogens with zero attached hydrogens (tertiary/aromatic N) is 1. The normalized spacial score (nSPS) is 11.9. The quantitative estimate of drug-likeness (QED) is 0.305. The van der Waals surface area contributed by atoms with Crippen molar-refractivity contribution in [3.05, 3.63) is 103 Å². The smallest absolute Gasteiger partial charge is 0.0642 e. The monoisotopic (exact) mass is 397 g/mol. The second-order valence-electron chi connectivity index (χ2n) is 8.06. The molecule has 0 spiro atoms. The fraction of sp³-hybridized carbons (Fsp3) is 0. The van der Waals surface area contributed by atoms with E-state index in [0.29, 0.717) is 0 Å². The van der Waals surface area contributed by atoms with Crippen molar-refractivity contribution in [2.75, 3.05) is 0 Å². The zero-order valence-electron chi connectivity index (χ0n) is 16.8. The average Bonchev–Trinajstić information content (AvgIpc) is 3.50. The molecule has 7 aromatic rings. The van der Waals surface area contributed by atoms with Gasteiger partial charge in [0.05, 0.1) is 16.6 Å². The van der Waals surface area contributed by atoms with E-state index in [-0.39, 0.29) is 0 Å². The summed E-state index contributed by atoms with van der Waals surface area (Å²) in [4.78, 5) is 6.70. The first kappa shape index (κ1) is 16.5. The lowest BCUT2D eigenvalue weighted by Gasteiger charge is -2.09. The lowest BCUT2D eigenvalue weighted by Crippen LogP contribution is -1.92. The highest BCUT2D eigenvalue weighted by molar-refractivity contribution is 6.17. The molecular weight excluding hydrogens is 378 g/mol. The predicted octanol–water partition coefficient (Wildman–Crippen LogP) is 7.41. The Hall–Kier alpha value is -4.24.